The van der Waals surface area contributed by atoms with Gasteiger partial charge in [0, 0.05) is 25.5 Å². The van der Waals surface area contributed by atoms with E-state index in [1.54, 1.807) is 18.3 Å². The summed E-state index contributed by atoms with van der Waals surface area (Å²) in [6, 6.07) is 3.39. The molecule has 0 saturated heterocycles. The highest BCUT2D eigenvalue weighted by Gasteiger charge is 2.03. The van der Waals surface area contributed by atoms with E-state index in [2.05, 4.69) is 15.6 Å². The number of aromatic nitrogens is 1. The lowest BCUT2D eigenvalue weighted by Crippen LogP contribution is -2.34. The third-order valence-electron chi connectivity index (χ3n) is 2.27. The van der Waals surface area contributed by atoms with Crippen LogP contribution in [0.5, 0.6) is 0 Å². The Hall–Kier alpha value is -2.17. The van der Waals surface area contributed by atoms with Crippen LogP contribution in [0.2, 0.25) is 0 Å². The highest BCUT2D eigenvalue weighted by atomic mass is 16.2. The number of amides is 2. The number of nitrogens with one attached hydrogen (secondary N) is 2. The van der Waals surface area contributed by atoms with E-state index in [1.165, 1.54) is 12.3 Å². The van der Waals surface area contributed by atoms with Crippen molar-refractivity contribution in [3.63, 3.8) is 0 Å². The molecule has 0 aliphatic heterocycles. The predicted octanol–water partition coefficient (Wildman–Crippen LogP) is 1.14. The molecule has 0 aliphatic carbocycles. The van der Waals surface area contributed by atoms with E-state index in [-0.39, 0.29) is 11.8 Å². The summed E-state index contributed by atoms with van der Waals surface area (Å²) in [5, 5.41) is 5.39. The summed E-state index contributed by atoms with van der Waals surface area (Å²) in [7, 11) is 0. The first-order chi connectivity index (χ1) is 9.09. The first-order valence-corrected chi connectivity index (χ1v) is 6.24. The molecule has 1 heterocycles. The number of pyridine rings is 1. The second-order valence-corrected chi connectivity index (χ2v) is 4.39. The molecular weight excluding hydrogens is 242 g/mol. The van der Waals surface area contributed by atoms with Gasteiger partial charge in [0.1, 0.15) is 0 Å². The van der Waals surface area contributed by atoms with Gasteiger partial charge in [-0.1, -0.05) is 19.9 Å². The van der Waals surface area contributed by atoms with Gasteiger partial charge in [-0.25, -0.2) is 0 Å². The van der Waals surface area contributed by atoms with Gasteiger partial charge in [-0.05, 0) is 24.1 Å². The van der Waals surface area contributed by atoms with Crippen molar-refractivity contribution in [1.29, 1.82) is 0 Å². The number of carbonyl (C=O) groups excluding carboxylic acids is 2. The molecule has 1 rings (SSSR count). The lowest BCUT2D eigenvalue weighted by Gasteiger charge is -2.05. The van der Waals surface area contributed by atoms with E-state index in [0.717, 1.165) is 0 Å². The number of allylic oxidation sites excluding steroid dienone is 1. The summed E-state index contributed by atoms with van der Waals surface area (Å²) in [5.74, 6) is 0.000400. The standard InChI is InChI=1S/C14H19N3O2/c1-11(2)5-6-13(18)16-8-9-17-14(19)12-4-3-7-15-10-12/h3-7,10-11H,8-9H2,1-2H3,(H,16,18)(H,17,19)/b6-5+. The Kier molecular flexibility index (Phi) is 6.29. The number of rotatable bonds is 6. The molecule has 0 aromatic carbocycles. The van der Waals surface area contributed by atoms with Gasteiger partial charge < -0.3 is 10.6 Å². The Balaban J connectivity index is 2.21. The Labute approximate surface area is 113 Å². The van der Waals surface area contributed by atoms with Crippen molar-refractivity contribution < 1.29 is 9.59 Å². The maximum Gasteiger partial charge on any atom is 0.252 e. The van der Waals surface area contributed by atoms with Crippen LogP contribution in [0.25, 0.3) is 0 Å². The minimum atomic E-state index is -0.194. The molecule has 0 unspecified atom stereocenters. The van der Waals surface area contributed by atoms with Gasteiger partial charge in [0.2, 0.25) is 5.91 Å². The fourth-order valence-electron chi connectivity index (χ4n) is 1.30. The highest BCUT2D eigenvalue weighted by molar-refractivity contribution is 5.93. The summed E-state index contributed by atoms with van der Waals surface area (Å²) < 4.78 is 0. The van der Waals surface area contributed by atoms with Crippen LogP contribution >= 0.6 is 0 Å². The number of hydrogen-bond donors (Lipinski definition) is 2. The zero-order valence-electron chi connectivity index (χ0n) is 11.2. The molecule has 0 fully saturated rings. The van der Waals surface area contributed by atoms with Gasteiger partial charge in [-0.3, -0.25) is 14.6 Å². The van der Waals surface area contributed by atoms with Gasteiger partial charge in [-0.2, -0.15) is 0 Å². The van der Waals surface area contributed by atoms with Crippen molar-refractivity contribution in [2.75, 3.05) is 13.1 Å². The Morgan fingerprint density at radius 2 is 2.05 bits per heavy atom. The van der Waals surface area contributed by atoms with Crippen molar-refractivity contribution in [3.8, 4) is 0 Å². The van der Waals surface area contributed by atoms with Crippen molar-refractivity contribution in [2.24, 2.45) is 5.92 Å². The molecule has 0 radical (unpaired) electrons. The number of nitrogens with zero attached hydrogens (tertiary/aromatic N) is 1. The molecule has 5 nitrogen and oxygen atoms in total. The molecule has 2 N–H and O–H groups in total. The second-order valence-electron chi connectivity index (χ2n) is 4.39. The zero-order valence-corrected chi connectivity index (χ0v) is 11.2. The summed E-state index contributed by atoms with van der Waals surface area (Å²) in [4.78, 5) is 26.8. The fraction of sp³-hybridized carbons (Fsp3) is 0.357. The van der Waals surface area contributed by atoms with Crippen molar-refractivity contribution >= 4 is 11.8 Å². The van der Waals surface area contributed by atoms with Gasteiger partial charge in [0.25, 0.3) is 5.91 Å². The molecule has 1 aromatic heterocycles. The van der Waals surface area contributed by atoms with Crippen LogP contribution in [-0.4, -0.2) is 29.9 Å². The van der Waals surface area contributed by atoms with Crippen LogP contribution in [0.3, 0.4) is 0 Å². The molecule has 1 aromatic rings. The van der Waals surface area contributed by atoms with Gasteiger partial charge in [0.15, 0.2) is 0 Å². The predicted molar refractivity (Wildman–Crippen MR) is 73.6 cm³/mol. The van der Waals surface area contributed by atoms with E-state index >= 15 is 0 Å². The molecule has 0 atom stereocenters. The first-order valence-electron chi connectivity index (χ1n) is 6.24. The molecular formula is C14H19N3O2. The molecule has 19 heavy (non-hydrogen) atoms. The average molecular weight is 261 g/mol. The Morgan fingerprint density at radius 3 is 2.68 bits per heavy atom. The van der Waals surface area contributed by atoms with Gasteiger partial charge >= 0.3 is 0 Å². The van der Waals surface area contributed by atoms with E-state index in [4.69, 9.17) is 0 Å². The normalized spacial score (nSPS) is 10.7. The fourth-order valence-corrected chi connectivity index (χ4v) is 1.30. The molecule has 102 valence electrons. The topological polar surface area (TPSA) is 71.1 Å². The molecule has 0 spiro atoms. The van der Waals surface area contributed by atoms with Crippen LogP contribution in [0.4, 0.5) is 0 Å². The summed E-state index contributed by atoms with van der Waals surface area (Å²) >= 11 is 0. The number of hydrogen-bond acceptors (Lipinski definition) is 3. The van der Waals surface area contributed by atoms with Gasteiger partial charge in [-0.15, -0.1) is 0 Å². The van der Waals surface area contributed by atoms with Crippen LogP contribution < -0.4 is 10.6 Å². The molecule has 5 heteroatoms. The number of carbonyl (C=O) groups is 2. The van der Waals surface area contributed by atoms with Crippen LogP contribution in [0, 0.1) is 5.92 Å². The van der Waals surface area contributed by atoms with Crippen molar-refractivity contribution in [3.05, 3.63) is 42.2 Å². The zero-order chi connectivity index (χ0) is 14.1. The van der Waals surface area contributed by atoms with Gasteiger partial charge in [0.05, 0.1) is 5.56 Å². The minimum Gasteiger partial charge on any atom is -0.351 e. The largest absolute Gasteiger partial charge is 0.351 e. The molecule has 0 saturated carbocycles. The summed E-state index contributed by atoms with van der Waals surface area (Å²) in [5.41, 5.74) is 0.508. The SMILES string of the molecule is CC(C)/C=C/C(=O)NCCNC(=O)c1cccnc1. The van der Waals surface area contributed by atoms with Crippen LogP contribution in [-0.2, 0) is 4.79 Å². The van der Waals surface area contributed by atoms with Crippen LogP contribution in [0.1, 0.15) is 24.2 Å². The molecule has 0 aliphatic rings. The average Bonchev–Trinajstić information content (AvgIpc) is 2.42. The third-order valence-corrected chi connectivity index (χ3v) is 2.27. The van der Waals surface area contributed by atoms with Crippen molar-refractivity contribution in [2.45, 2.75) is 13.8 Å². The monoisotopic (exact) mass is 261 g/mol. The smallest absolute Gasteiger partial charge is 0.252 e. The minimum absolute atomic E-state index is 0.149. The summed E-state index contributed by atoms with van der Waals surface area (Å²) in [6.07, 6.45) is 6.44. The lowest BCUT2D eigenvalue weighted by molar-refractivity contribution is -0.116. The first kappa shape index (κ1) is 14.9. The second kappa shape index (κ2) is 8.02. The maximum atomic E-state index is 11.6. The molecule has 0 bridgehead atoms. The van der Waals surface area contributed by atoms with Crippen LogP contribution in [0.15, 0.2) is 36.7 Å². The van der Waals surface area contributed by atoms with E-state index in [1.807, 2.05) is 19.9 Å². The Bertz CT molecular complexity index is 441. The quantitative estimate of drug-likeness (QED) is 0.596. The van der Waals surface area contributed by atoms with E-state index < -0.39 is 0 Å². The highest BCUT2D eigenvalue weighted by Crippen LogP contribution is 1.94. The van der Waals surface area contributed by atoms with E-state index in [9.17, 15) is 9.59 Å². The third kappa shape index (κ3) is 6.35. The molecule has 2 amide bonds. The lowest BCUT2D eigenvalue weighted by atomic mass is 10.2. The van der Waals surface area contributed by atoms with E-state index in [0.29, 0.717) is 24.6 Å². The summed E-state index contributed by atoms with van der Waals surface area (Å²) in [6.45, 7) is 4.78. The van der Waals surface area contributed by atoms with Crippen molar-refractivity contribution in [1.82, 2.24) is 15.6 Å². The Morgan fingerprint density at radius 1 is 1.32 bits per heavy atom. The maximum absolute atomic E-state index is 11.6.